The molecule has 0 saturated heterocycles. The molecule has 1 aliphatic rings. The molecular formula is C28H30N4O6S. The molecule has 1 aliphatic heterocycles. The van der Waals surface area contributed by atoms with Crippen LogP contribution in [0.5, 0.6) is 5.75 Å². The lowest BCUT2D eigenvalue weighted by molar-refractivity contribution is -0.384. The van der Waals surface area contributed by atoms with E-state index in [0.717, 1.165) is 11.3 Å². The van der Waals surface area contributed by atoms with E-state index in [9.17, 15) is 19.7 Å². The Labute approximate surface area is 229 Å². The fourth-order valence-corrected chi connectivity index (χ4v) is 5.51. The van der Waals surface area contributed by atoms with E-state index in [0.29, 0.717) is 37.6 Å². The number of nitrogens with zero attached hydrogens (tertiary/aromatic N) is 4. The molecule has 1 aromatic heterocycles. The first-order chi connectivity index (χ1) is 18.5. The second-order valence-corrected chi connectivity index (χ2v) is 10.4. The van der Waals surface area contributed by atoms with Crippen molar-refractivity contribution in [1.82, 2.24) is 4.57 Å². The summed E-state index contributed by atoms with van der Waals surface area (Å²) in [5.74, 6) is -0.0249. The maximum atomic E-state index is 14.0. The normalized spacial score (nSPS) is 15.2. The van der Waals surface area contributed by atoms with E-state index in [4.69, 9.17) is 9.47 Å². The van der Waals surface area contributed by atoms with Gasteiger partial charge in [0.05, 0.1) is 33.4 Å². The zero-order valence-electron chi connectivity index (χ0n) is 22.6. The van der Waals surface area contributed by atoms with Crippen molar-refractivity contribution in [2.24, 2.45) is 4.99 Å². The van der Waals surface area contributed by atoms with Crippen molar-refractivity contribution >= 4 is 34.8 Å². The molecule has 204 valence electrons. The highest BCUT2D eigenvalue weighted by Gasteiger charge is 2.35. The number of hydrogen-bond donors (Lipinski definition) is 0. The average Bonchev–Trinajstić information content (AvgIpc) is 3.17. The largest absolute Gasteiger partial charge is 0.491 e. The van der Waals surface area contributed by atoms with Gasteiger partial charge >= 0.3 is 5.97 Å². The Kier molecular flexibility index (Phi) is 8.01. The Morgan fingerprint density at radius 2 is 1.97 bits per heavy atom. The Morgan fingerprint density at radius 3 is 2.62 bits per heavy atom. The molecule has 0 bridgehead atoms. The van der Waals surface area contributed by atoms with Gasteiger partial charge in [-0.25, -0.2) is 9.79 Å². The van der Waals surface area contributed by atoms with Gasteiger partial charge in [-0.3, -0.25) is 19.5 Å². The predicted octanol–water partition coefficient (Wildman–Crippen LogP) is 3.56. The van der Waals surface area contributed by atoms with Crippen LogP contribution in [-0.2, 0) is 9.53 Å². The van der Waals surface area contributed by atoms with E-state index in [-0.39, 0.29) is 29.5 Å². The number of hydrogen-bond acceptors (Lipinski definition) is 9. The minimum atomic E-state index is -0.837. The lowest BCUT2D eigenvalue weighted by Gasteiger charge is -2.26. The summed E-state index contributed by atoms with van der Waals surface area (Å²) in [5, 5.41) is 11.4. The van der Waals surface area contributed by atoms with E-state index in [1.54, 1.807) is 32.1 Å². The van der Waals surface area contributed by atoms with Crippen molar-refractivity contribution < 1.29 is 19.2 Å². The van der Waals surface area contributed by atoms with Crippen LogP contribution in [0, 0.1) is 10.1 Å². The number of aromatic nitrogens is 1. The van der Waals surface area contributed by atoms with Crippen LogP contribution < -0.4 is 24.5 Å². The molecule has 0 radical (unpaired) electrons. The van der Waals surface area contributed by atoms with E-state index < -0.39 is 16.9 Å². The summed E-state index contributed by atoms with van der Waals surface area (Å²) in [6.07, 6.45) is 1.49. The van der Waals surface area contributed by atoms with Crippen molar-refractivity contribution in [2.45, 2.75) is 39.8 Å². The summed E-state index contributed by atoms with van der Waals surface area (Å²) < 4.78 is 13.2. The molecule has 39 heavy (non-hydrogen) atoms. The number of allylic oxidation sites excluding steroid dienone is 1. The second kappa shape index (κ2) is 11.2. The molecule has 2 aromatic carbocycles. The van der Waals surface area contributed by atoms with Crippen LogP contribution in [0.25, 0.3) is 6.08 Å². The third kappa shape index (κ3) is 5.49. The maximum absolute atomic E-state index is 14.0. The lowest BCUT2D eigenvalue weighted by Crippen LogP contribution is -2.40. The molecule has 0 aliphatic carbocycles. The molecule has 0 spiro atoms. The van der Waals surface area contributed by atoms with Gasteiger partial charge in [0.25, 0.3) is 11.2 Å². The van der Waals surface area contributed by atoms with Gasteiger partial charge in [0.15, 0.2) is 4.80 Å². The Bertz CT molecular complexity index is 1650. The van der Waals surface area contributed by atoms with Crippen LogP contribution in [-0.4, -0.2) is 42.3 Å². The van der Waals surface area contributed by atoms with E-state index >= 15 is 0 Å². The van der Waals surface area contributed by atoms with Crippen molar-refractivity contribution in [1.29, 1.82) is 0 Å². The standard InChI is InChI=1S/C28H30N4O6S/c1-7-37-27(34)24-17(4)29-28-31(25(24)20-10-8-9-11-22(20)38-16(2)3)26(33)23(39-28)15-18-14-19(32(35)36)12-13-21(18)30(5)6/h8-16,25H,7H2,1-6H3/b23-15+/t25-/m0/s1. The first-order valence-electron chi connectivity index (χ1n) is 12.4. The number of fused-ring (bicyclic) bond motifs is 1. The summed E-state index contributed by atoms with van der Waals surface area (Å²) in [4.78, 5) is 45.0. The molecule has 1 atom stereocenters. The number of non-ortho nitro benzene ring substituents is 1. The maximum Gasteiger partial charge on any atom is 0.338 e. The molecule has 4 rings (SSSR count). The summed E-state index contributed by atoms with van der Waals surface area (Å²) in [7, 11) is 3.64. The Hall–Kier alpha value is -4.25. The predicted molar refractivity (Wildman–Crippen MR) is 150 cm³/mol. The number of carbonyl (C=O) groups excluding carboxylic acids is 1. The van der Waals surface area contributed by atoms with E-state index in [1.165, 1.54) is 16.7 Å². The first kappa shape index (κ1) is 27.8. The van der Waals surface area contributed by atoms with Crippen LogP contribution in [0.15, 0.2) is 63.5 Å². The van der Waals surface area contributed by atoms with Crippen molar-refractivity contribution in [3.63, 3.8) is 0 Å². The number of benzene rings is 2. The molecular weight excluding hydrogens is 520 g/mol. The monoisotopic (exact) mass is 550 g/mol. The highest BCUT2D eigenvalue weighted by atomic mass is 32.1. The molecule has 11 heteroatoms. The molecule has 3 aromatic rings. The third-order valence-electron chi connectivity index (χ3n) is 6.08. The number of nitro benzene ring substituents is 1. The van der Waals surface area contributed by atoms with Gasteiger partial charge in [-0.05, 0) is 45.9 Å². The van der Waals surface area contributed by atoms with Gasteiger partial charge in [0, 0.05) is 43.0 Å². The van der Waals surface area contributed by atoms with Crippen LogP contribution in [0.2, 0.25) is 0 Å². The average molecular weight is 551 g/mol. The van der Waals surface area contributed by atoms with Crippen LogP contribution >= 0.6 is 11.3 Å². The molecule has 0 amide bonds. The molecule has 0 N–H and O–H groups in total. The number of nitro groups is 1. The summed E-state index contributed by atoms with van der Waals surface area (Å²) in [6.45, 7) is 7.40. The van der Waals surface area contributed by atoms with E-state index in [2.05, 4.69) is 4.99 Å². The number of para-hydroxylation sites is 1. The van der Waals surface area contributed by atoms with Crippen LogP contribution in [0.1, 0.15) is 44.9 Å². The van der Waals surface area contributed by atoms with Gasteiger partial charge < -0.3 is 14.4 Å². The van der Waals surface area contributed by atoms with Gasteiger partial charge in [-0.15, -0.1) is 0 Å². The fourth-order valence-electron chi connectivity index (χ4n) is 4.47. The topological polar surface area (TPSA) is 116 Å². The van der Waals surface area contributed by atoms with Gasteiger partial charge in [0.1, 0.15) is 11.8 Å². The number of esters is 1. The quantitative estimate of drug-likeness (QED) is 0.239. The van der Waals surface area contributed by atoms with Gasteiger partial charge in [-0.1, -0.05) is 29.5 Å². The molecule has 10 nitrogen and oxygen atoms in total. The first-order valence-corrected chi connectivity index (χ1v) is 13.3. The highest BCUT2D eigenvalue weighted by molar-refractivity contribution is 7.07. The second-order valence-electron chi connectivity index (χ2n) is 9.40. The SMILES string of the molecule is CCOC(=O)C1=C(C)N=c2s/c(=C/c3cc([N+](=O)[O-])ccc3N(C)C)c(=O)n2[C@H]1c1ccccc1OC(C)C. The summed E-state index contributed by atoms with van der Waals surface area (Å²) >= 11 is 1.15. The van der Waals surface area contributed by atoms with Gasteiger partial charge in [0.2, 0.25) is 0 Å². The Morgan fingerprint density at radius 1 is 1.26 bits per heavy atom. The smallest absolute Gasteiger partial charge is 0.338 e. The van der Waals surface area contributed by atoms with Crippen molar-refractivity contribution in [3.05, 3.63) is 94.7 Å². The molecule has 0 fully saturated rings. The number of anilines is 1. The lowest BCUT2D eigenvalue weighted by atomic mass is 9.95. The van der Waals surface area contributed by atoms with Crippen molar-refractivity contribution in [2.75, 3.05) is 25.6 Å². The number of ether oxygens (including phenoxy) is 2. The molecule has 0 saturated carbocycles. The number of rotatable bonds is 8. The van der Waals surface area contributed by atoms with Crippen LogP contribution in [0.3, 0.4) is 0 Å². The Balaban J connectivity index is 2.01. The van der Waals surface area contributed by atoms with Crippen LogP contribution in [0.4, 0.5) is 11.4 Å². The van der Waals surface area contributed by atoms with Crippen molar-refractivity contribution in [3.8, 4) is 5.75 Å². The zero-order valence-corrected chi connectivity index (χ0v) is 23.4. The number of carbonyl (C=O) groups is 1. The molecule has 0 unspecified atom stereocenters. The minimum absolute atomic E-state index is 0.0855. The summed E-state index contributed by atoms with van der Waals surface area (Å²) in [6, 6.07) is 10.9. The fraction of sp³-hybridized carbons (Fsp3) is 0.321. The van der Waals surface area contributed by atoms with E-state index in [1.807, 2.05) is 51.0 Å². The highest BCUT2D eigenvalue weighted by Crippen LogP contribution is 2.36. The summed E-state index contributed by atoms with van der Waals surface area (Å²) in [5.41, 5.74) is 2.07. The third-order valence-corrected chi connectivity index (χ3v) is 7.07. The van der Waals surface area contributed by atoms with Gasteiger partial charge in [-0.2, -0.15) is 0 Å². The minimum Gasteiger partial charge on any atom is -0.491 e. The molecule has 2 heterocycles. The zero-order chi connectivity index (χ0) is 28.4. The number of thiazole rings is 1.